The fraction of sp³-hybridized carbons (Fsp3) is 0.190. The normalized spacial score (nSPS) is 16.2. The third kappa shape index (κ3) is 5.17. The molecule has 0 spiro atoms. The summed E-state index contributed by atoms with van der Waals surface area (Å²) in [7, 11) is 0. The lowest BCUT2D eigenvalue weighted by Gasteiger charge is -2.25. The topological polar surface area (TPSA) is 82.0 Å². The van der Waals surface area contributed by atoms with E-state index in [-0.39, 0.29) is 41.1 Å². The lowest BCUT2D eigenvalue weighted by molar-refractivity contribution is -0.121. The smallest absolute Gasteiger partial charge is 0.230 e. The van der Waals surface area contributed by atoms with Gasteiger partial charge >= 0.3 is 0 Å². The number of allylic oxidation sites excluding steroid dienone is 1. The third-order valence-electron chi connectivity index (χ3n) is 4.42. The molecule has 5 nitrogen and oxygen atoms in total. The maximum absolute atomic E-state index is 14.2. The van der Waals surface area contributed by atoms with E-state index in [1.807, 2.05) is 12.1 Å². The summed E-state index contributed by atoms with van der Waals surface area (Å²) in [5.74, 6) is -1.75. The van der Waals surface area contributed by atoms with Gasteiger partial charge in [0.05, 0.1) is 22.4 Å². The van der Waals surface area contributed by atoms with Gasteiger partial charge in [0.25, 0.3) is 0 Å². The van der Waals surface area contributed by atoms with E-state index in [0.29, 0.717) is 10.6 Å². The van der Waals surface area contributed by atoms with E-state index in [1.54, 1.807) is 30.3 Å². The van der Waals surface area contributed by atoms with Gasteiger partial charge in [-0.05, 0) is 23.3 Å². The van der Waals surface area contributed by atoms with Gasteiger partial charge in [-0.1, -0.05) is 59.8 Å². The van der Waals surface area contributed by atoms with E-state index in [2.05, 4.69) is 16.7 Å². The molecular weight excluding hydrogens is 413 g/mol. The molecule has 0 aliphatic carbocycles. The van der Waals surface area contributed by atoms with Crippen molar-refractivity contribution in [3.05, 3.63) is 81.1 Å². The summed E-state index contributed by atoms with van der Waals surface area (Å²) in [6, 6.07) is 15.3. The molecule has 2 aromatic rings. The number of nitriles is 1. The van der Waals surface area contributed by atoms with E-state index in [1.165, 1.54) is 6.07 Å². The molecule has 1 atom stereocenters. The zero-order chi connectivity index (χ0) is 20.8. The first-order valence-electron chi connectivity index (χ1n) is 8.81. The molecule has 2 N–H and O–H groups in total. The number of benzene rings is 2. The molecule has 0 fully saturated rings. The summed E-state index contributed by atoms with van der Waals surface area (Å²) in [4.78, 5) is 24.3. The zero-order valence-electron chi connectivity index (χ0n) is 15.2. The number of nitrogens with zero attached hydrogens (tertiary/aromatic N) is 1. The summed E-state index contributed by atoms with van der Waals surface area (Å²) >= 11 is 7.11. The highest BCUT2D eigenvalue weighted by molar-refractivity contribution is 8.03. The van der Waals surface area contributed by atoms with Gasteiger partial charge in [0, 0.05) is 23.9 Å². The van der Waals surface area contributed by atoms with Crippen molar-refractivity contribution in [1.82, 2.24) is 10.6 Å². The number of amides is 2. The molecule has 29 heavy (non-hydrogen) atoms. The van der Waals surface area contributed by atoms with Crippen LogP contribution in [0.5, 0.6) is 0 Å². The predicted octanol–water partition coefficient (Wildman–Crippen LogP) is 3.87. The molecule has 0 saturated heterocycles. The van der Waals surface area contributed by atoms with Crippen molar-refractivity contribution in [2.45, 2.75) is 18.9 Å². The van der Waals surface area contributed by atoms with Crippen molar-refractivity contribution in [3.8, 4) is 6.07 Å². The Morgan fingerprint density at radius 2 is 2.00 bits per heavy atom. The summed E-state index contributed by atoms with van der Waals surface area (Å²) < 4.78 is 14.2. The Balaban J connectivity index is 1.70. The predicted molar refractivity (Wildman–Crippen MR) is 110 cm³/mol. The molecule has 0 bridgehead atoms. The van der Waals surface area contributed by atoms with Crippen LogP contribution in [0.25, 0.3) is 0 Å². The summed E-state index contributed by atoms with van der Waals surface area (Å²) in [6.45, 7) is 0.271. The van der Waals surface area contributed by atoms with Gasteiger partial charge in [-0.25, -0.2) is 4.39 Å². The lowest BCUT2D eigenvalue weighted by Crippen LogP contribution is -2.32. The quantitative estimate of drug-likeness (QED) is 0.730. The lowest BCUT2D eigenvalue weighted by atomic mass is 9.87. The second-order valence-corrected chi connectivity index (χ2v) is 7.73. The standard InChI is InChI=1S/C21H17ClFN3O2S/c22-17-7-3-1-5-13(17)11-25-20(28)12-29-21-16(10-24)15(9-19(27)26-21)14-6-2-4-8-18(14)23/h1-8,15H,9,11-12H2,(H,25,28)(H,26,27)/t15-/m1/s1. The second kappa shape index (κ2) is 9.59. The van der Waals surface area contributed by atoms with Crippen molar-refractivity contribution < 1.29 is 14.0 Å². The average Bonchev–Trinajstić information content (AvgIpc) is 2.71. The van der Waals surface area contributed by atoms with E-state index in [9.17, 15) is 19.2 Å². The highest BCUT2D eigenvalue weighted by Crippen LogP contribution is 2.36. The van der Waals surface area contributed by atoms with Crippen LogP contribution in [0, 0.1) is 17.1 Å². The van der Waals surface area contributed by atoms with Crippen LogP contribution in [-0.2, 0) is 16.1 Å². The highest BCUT2D eigenvalue weighted by atomic mass is 35.5. The molecule has 0 saturated carbocycles. The van der Waals surface area contributed by atoms with E-state index in [4.69, 9.17) is 11.6 Å². The fourth-order valence-electron chi connectivity index (χ4n) is 2.98. The van der Waals surface area contributed by atoms with Gasteiger partial charge < -0.3 is 10.6 Å². The van der Waals surface area contributed by atoms with Crippen LogP contribution in [0.3, 0.4) is 0 Å². The van der Waals surface area contributed by atoms with Gasteiger partial charge in [-0.15, -0.1) is 0 Å². The molecule has 2 amide bonds. The average molecular weight is 430 g/mol. The Hall–Kier alpha value is -2.82. The molecule has 1 aliphatic rings. The van der Waals surface area contributed by atoms with Crippen LogP contribution < -0.4 is 10.6 Å². The van der Waals surface area contributed by atoms with Gasteiger partial charge in [-0.2, -0.15) is 5.26 Å². The highest BCUT2D eigenvalue weighted by Gasteiger charge is 2.31. The van der Waals surface area contributed by atoms with Crippen LogP contribution in [0.2, 0.25) is 5.02 Å². The van der Waals surface area contributed by atoms with Crippen LogP contribution in [0.1, 0.15) is 23.5 Å². The Labute approximate surface area is 176 Å². The molecule has 1 aliphatic heterocycles. The number of carbonyl (C=O) groups excluding carboxylic acids is 2. The number of thioether (sulfide) groups is 1. The van der Waals surface area contributed by atoms with E-state index < -0.39 is 11.7 Å². The summed E-state index contributed by atoms with van der Waals surface area (Å²) in [5, 5.41) is 15.8. The van der Waals surface area contributed by atoms with E-state index >= 15 is 0 Å². The number of rotatable bonds is 6. The minimum atomic E-state index is -0.677. The van der Waals surface area contributed by atoms with Crippen LogP contribution >= 0.6 is 23.4 Å². The fourth-order valence-corrected chi connectivity index (χ4v) is 4.09. The molecule has 148 valence electrons. The molecule has 8 heteroatoms. The van der Waals surface area contributed by atoms with Gasteiger partial charge in [0.15, 0.2) is 0 Å². The Bertz CT molecular complexity index is 1020. The molecule has 0 radical (unpaired) electrons. The van der Waals surface area contributed by atoms with Gasteiger partial charge in [-0.3, -0.25) is 9.59 Å². The first-order valence-corrected chi connectivity index (χ1v) is 10.2. The van der Waals surface area contributed by atoms with Gasteiger partial charge in [0.2, 0.25) is 11.8 Å². The zero-order valence-corrected chi connectivity index (χ0v) is 16.8. The van der Waals surface area contributed by atoms with Crippen LogP contribution in [0.15, 0.2) is 59.1 Å². The first kappa shape index (κ1) is 20.9. The Morgan fingerprint density at radius 1 is 1.28 bits per heavy atom. The van der Waals surface area contributed by atoms with Crippen LogP contribution in [-0.4, -0.2) is 17.6 Å². The molecule has 2 aromatic carbocycles. The SMILES string of the molecule is N#CC1=C(SCC(=O)NCc2ccccc2Cl)NC(=O)C[C@@H]1c1ccccc1F. The summed E-state index contributed by atoms with van der Waals surface area (Å²) in [5.41, 5.74) is 1.33. The van der Waals surface area contributed by atoms with Crippen molar-refractivity contribution in [3.63, 3.8) is 0 Å². The van der Waals surface area contributed by atoms with E-state index in [0.717, 1.165) is 17.3 Å². The maximum atomic E-state index is 14.2. The number of hydrogen-bond acceptors (Lipinski definition) is 4. The molecule has 1 heterocycles. The second-order valence-electron chi connectivity index (χ2n) is 6.34. The maximum Gasteiger partial charge on any atom is 0.230 e. The number of nitrogens with one attached hydrogen (secondary N) is 2. The third-order valence-corrected chi connectivity index (χ3v) is 5.80. The minimum absolute atomic E-state index is 0.00472. The number of halogens is 2. The Morgan fingerprint density at radius 3 is 2.72 bits per heavy atom. The van der Waals surface area contributed by atoms with Crippen molar-refractivity contribution in [2.75, 3.05) is 5.75 Å². The molecule has 0 aromatic heterocycles. The van der Waals surface area contributed by atoms with Crippen molar-refractivity contribution in [1.29, 1.82) is 5.26 Å². The van der Waals surface area contributed by atoms with Crippen molar-refractivity contribution in [2.24, 2.45) is 0 Å². The van der Waals surface area contributed by atoms with Crippen molar-refractivity contribution >= 4 is 35.2 Å². The monoisotopic (exact) mass is 429 g/mol. The molecule has 0 unspecified atom stereocenters. The molecule has 3 rings (SSSR count). The number of hydrogen-bond donors (Lipinski definition) is 2. The number of carbonyl (C=O) groups is 2. The minimum Gasteiger partial charge on any atom is -0.351 e. The summed E-state index contributed by atoms with van der Waals surface area (Å²) in [6.07, 6.45) is -0.0212. The molecular formula is C21H17ClFN3O2S. The van der Waals surface area contributed by atoms with Gasteiger partial charge in [0.1, 0.15) is 5.82 Å². The largest absolute Gasteiger partial charge is 0.351 e. The first-order chi connectivity index (χ1) is 14.0. The Kier molecular flexibility index (Phi) is 6.91. The van der Waals surface area contributed by atoms with Crippen LogP contribution in [0.4, 0.5) is 4.39 Å².